The zero-order valence-electron chi connectivity index (χ0n) is 11.5. The first-order valence-electron chi connectivity index (χ1n) is 7.30. The Labute approximate surface area is 114 Å². The maximum absolute atomic E-state index is 3.74. The van der Waals surface area contributed by atoms with Crippen LogP contribution in [0.5, 0.6) is 0 Å². The fraction of sp³-hybridized carbons (Fsp3) is 0.733. The lowest BCUT2D eigenvalue weighted by atomic mass is 9.98. The van der Waals surface area contributed by atoms with Crippen LogP contribution in [0.25, 0.3) is 0 Å². The van der Waals surface area contributed by atoms with Gasteiger partial charge in [0.25, 0.3) is 0 Å². The van der Waals surface area contributed by atoms with Crippen LogP contribution < -0.4 is 5.32 Å². The van der Waals surface area contributed by atoms with Crippen LogP contribution in [-0.4, -0.2) is 29.6 Å². The number of nitrogens with one attached hydrogen (secondary N) is 1. The van der Waals surface area contributed by atoms with Gasteiger partial charge >= 0.3 is 0 Å². The van der Waals surface area contributed by atoms with E-state index in [0.29, 0.717) is 0 Å². The molecule has 0 radical (unpaired) electrons. The molecule has 0 aromatic carbocycles. The summed E-state index contributed by atoms with van der Waals surface area (Å²) in [5.74, 6) is 0. The number of nitrogens with zero attached hydrogens (tertiary/aromatic N) is 1. The zero-order valence-corrected chi connectivity index (χ0v) is 12.3. The molecule has 2 bridgehead atoms. The van der Waals surface area contributed by atoms with Gasteiger partial charge in [-0.15, -0.1) is 11.3 Å². The molecule has 2 aliphatic rings. The SMILES string of the molecule is CCN(Cc1ccc(C)s1)C1CC2CCC(C1)N2. The molecule has 0 spiro atoms. The van der Waals surface area contributed by atoms with Crippen LogP contribution in [-0.2, 0) is 6.54 Å². The molecule has 2 atom stereocenters. The summed E-state index contributed by atoms with van der Waals surface area (Å²) in [5.41, 5.74) is 0. The van der Waals surface area contributed by atoms with Gasteiger partial charge in [-0.25, -0.2) is 0 Å². The zero-order chi connectivity index (χ0) is 12.5. The van der Waals surface area contributed by atoms with Crippen LogP contribution in [0.1, 0.15) is 42.4 Å². The topological polar surface area (TPSA) is 15.3 Å². The van der Waals surface area contributed by atoms with E-state index in [1.165, 1.54) is 42.0 Å². The predicted molar refractivity (Wildman–Crippen MR) is 78.1 cm³/mol. The molecule has 2 saturated heterocycles. The minimum absolute atomic E-state index is 0.799. The fourth-order valence-electron chi connectivity index (χ4n) is 3.59. The van der Waals surface area contributed by atoms with Crippen molar-refractivity contribution in [3.8, 4) is 0 Å². The summed E-state index contributed by atoms with van der Waals surface area (Å²) < 4.78 is 0. The van der Waals surface area contributed by atoms with Gasteiger partial charge in [0.1, 0.15) is 0 Å². The van der Waals surface area contributed by atoms with E-state index < -0.39 is 0 Å². The first-order chi connectivity index (χ1) is 8.74. The molecule has 0 saturated carbocycles. The lowest BCUT2D eigenvalue weighted by Crippen LogP contribution is -2.47. The number of rotatable bonds is 4. The van der Waals surface area contributed by atoms with Gasteiger partial charge in [-0.05, 0) is 51.3 Å². The third kappa shape index (κ3) is 2.63. The second kappa shape index (κ2) is 5.32. The van der Waals surface area contributed by atoms with Crippen LogP contribution in [0.15, 0.2) is 12.1 Å². The smallest absolute Gasteiger partial charge is 0.0330 e. The van der Waals surface area contributed by atoms with Crippen LogP contribution >= 0.6 is 11.3 Å². The highest BCUT2D eigenvalue weighted by atomic mass is 32.1. The Morgan fingerprint density at radius 1 is 1.28 bits per heavy atom. The average Bonchev–Trinajstić information content (AvgIpc) is 2.92. The molecular formula is C15H24N2S. The predicted octanol–water partition coefficient (Wildman–Crippen LogP) is 3.16. The summed E-state index contributed by atoms with van der Waals surface area (Å²) in [7, 11) is 0. The average molecular weight is 264 g/mol. The molecule has 1 aromatic rings. The summed E-state index contributed by atoms with van der Waals surface area (Å²) in [6.45, 7) is 6.85. The van der Waals surface area contributed by atoms with Crippen molar-refractivity contribution in [2.75, 3.05) is 6.54 Å². The van der Waals surface area contributed by atoms with E-state index in [0.717, 1.165) is 24.7 Å². The van der Waals surface area contributed by atoms with Gasteiger partial charge in [0, 0.05) is 34.4 Å². The van der Waals surface area contributed by atoms with Gasteiger partial charge in [-0.3, -0.25) is 4.90 Å². The summed E-state index contributed by atoms with van der Waals surface area (Å²) in [6.07, 6.45) is 5.51. The Hall–Kier alpha value is -0.380. The summed E-state index contributed by atoms with van der Waals surface area (Å²) >= 11 is 1.96. The number of piperidine rings is 1. The molecule has 2 aliphatic heterocycles. The van der Waals surface area contributed by atoms with Crippen LogP contribution in [0.2, 0.25) is 0 Å². The van der Waals surface area contributed by atoms with E-state index in [4.69, 9.17) is 0 Å². The Kier molecular flexibility index (Phi) is 3.73. The fourth-order valence-corrected chi connectivity index (χ4v) is 4.51. The highest BCUT2D eigenvalue weighted by Gasteiger charge is 2.35. The molecular weight excluding hydrogens is 240 g/mol. The van der Waals surface area contributed by atoms with Crippen molar-refractivity contribution in [2.24, 2.45) is 0 Å². The number of thiophene rings is 1. The molecule has 2 unspecified atom stereocenters. The normalized spacial score (nSPS) is 31.2. The van der Waals surface area contributed by atoms with Gasteiger partial charge in [-0.1, -0.05) is 6.92 Å². The van der Waals surface area contributed by atoms with Crippen molar-refractivity contribution < 1.29 is 0 Å². The molecule has 100 valence electrons. The van der Waals surface area contributed by atoms with Crippen molar-refractivity contribution in [1.29, 1.82) is 0 Å². The Morgan fingerprint density at radius 2 is 2.00 bits per heavy atom. The molecule has 2 fully saturated rings. The maximum Gasteiger partial charge on any atom is 0.0330 e. The Bertz CT molecular complexity index is 389. The highest BCUT2D eigenvalue weighted by molar-refractivity contribution is 7.11. The monoisotopic (exact) mass is 264 g/mol. The van der Waals surface area contributed by atoms with Crippen molar-refractivity contribution in [3.05, 3.63) is 21.9 Å². The van der Waals surface area contributed by atoms with E-state index in [1.807, 2.05) is 11.3 Å². The lowest BCUT2D eigenvalue weighted by Gasteiger charge is -2.37. The third-order valence-corrected chi connectivity index (χ3v) is 5.51. The van der Waals surface area contributed by atoms with E-state index in [-0.39, 0.29) is 0 Å². The number of fused-ring (bicyclic) bond motifs is 2. The maximum atomic E-state index is 3.74. The standard InChI is InChI=1S/C15H24N2S/c1-3-17(10-15-7-4-11(2)18-15)14-8-12-5-6-13(9-14)16-12/h4,7,12-14,16H,3,5-6,8-10H2,1-2H3. The van der Waals surface area contributed by atoms with Gasteiger partial charge in [-0.2, -0.15) is 0 Å². The molecule has 0 aliphatic carbocycles. The molecule has 18 heavy (non-hydrogen) atoms. The number of hydrogen-bond donors (Lipinski definition) is 1. The van der Waals surface area contributed by atoms with E-state index in [1.54, 1.807) is 0 Å². The Balaban J connectivity index is 1.65. The van der Waals surface area contributed by atoms with Gasteiger partial charge in [0.05, 0.1) is 0 Å². The van der Waals surface area contributed by atoms with Crippen molar-refractivity contribution in [3.63, 3.8) is 0 Å². The quantitative estimate of drug-likeness (QED) is 0.898. The molecule has 3 heterocycles. The van der Waals surface area contributed by atoms with Gasteiger partial charge in [0.2, 0.25) is 0 Å². The van der Waals surface area contributed by atoms with Crippen molar-refractivity contribution in [2.45, 2.75) is 64.2 Å². The van der Waals surface area contributed by atoms with Gasteiger partial charge in [0.15, 0.2) is 0 Å². The van der Waals surface area contributed by atoms with Crippen LogP contribution in [0.3, 0.4) is 0 Å². The van der Waals surface area contributed by atoms with Crippen LogP contribution in [0.4, 0.5) is 0 Å². The van der Waals surface area contributed by atoms with E-state index in [2.05, 4.69) is 36.2 Å². The molecule has 1 N–H and O–H groups in total. The second-order valence-corrected chi connectivity index (χ2v) is 7.21. The minimum Gasteiger partial charge on any atom is -0.311 e. The molecule has 1 aromatic heterocycles. The number of hydrogen-bond acceptors (Lipinski definition) is 3. The van der Waals surface area contributed by atoms with Crippen LogP contribution in [0, 0.1) is 6.92 Å². The third-order valence-electron chi connectivity index (χ3n) is 4.53. The summed E-state index contributed by atoms with van der Waals surface area (Å²) in [6, 6.07) is 6.95. The van der Waals surface area contributed by atoms with Crippen molar-refractivity contribution in [1.82, 2.24) is 10.2 Å². The largest absolute Gasteiger partial charge is 0.311 e. The number of aryl methyl sites for hydroxylation is 1. The first kappa shape index (κ1) is 12.6. The molecule has 2 nitrogen and oxygen atoms in total. The van der Waals surface area contributed by atoms with E-state index >= 15 is 0 Å². The Morgan fingerprint density at radius 3 is 2.56 bits per heavy atom. The van der Waals surface area contributed by atoms with Gasteiger partial charge < -0.3 is 5.32 Å². The lowest BCUT2D eigenvalue weighted by molar-refractivity contribution is 0.142. The van der Waals surface area contributed by atoms with Crippen molar-refractivity contribution >= 4 is 11.3 Å². The molecule has 3 rings (SSSR count). The van der Waals surface area contributed by atoms with E-state index in [9.17, 15) is 0 Å². The molecule has 0 amide bonds. The first-order valence-corrected chi connectivity index (χ1v) is 8.11. The second-order valence-electron chi connectivity index (χ2n) is 5.84. The molecule has 3 heteroatoms. The summed E-state index contributed by atoms with van der Waals surface area (Å²) in [4.78, 5) is 5.66. The summed E-state index contributed by atoms with van der Waals surface area (Å²) in [5, 5.41) is 3.74. The minimum atomic E-state index is 0.799. The highest BCUT2D eigenvalue weighted by Crippen LogP contribution is 2.31.